The van der Waals surface area contributed by atoms with Crippen LogP contribution in [0.3, 0.4) is 0 Å². The molecule has 5 N–H and O–H groups in total. The fourth-order valence-corrected chi connectivity index (χ4v) is 6.14. The number of rotatable bonds is 25. The van der Waals surface area contributed by atoms with Gasteiger partial charge >= 0.3 is 5.97 Å². The van der Waals surface area contributed by atoms with Crippen molar-refractivity contribution in [2.45, 2.75) is 109 Å². The summed E-state index contributed by atoms with van der Waals surface area (Å²) >= 11 is 0. The lowest BCUT2D eigenvalue weighted by atomic mass is 10.0. The van der Waals surface area contributed by atoms with E-state index in [-0.39, 0.29) is 55.5 Å². The topological polar surface area (TPSA) is 180 Å². The van der Waals surface area contributed by atoms with Crippen LogP contribution in [0.1, 0.15) is 89.2 Å². The van der Waals surface area contributed by atoms with Gasteiger partial charge < -0.3 is 31.1 Å². The molecule has 13 heteroatoms. The van der Waals surface area contributed by atoms with Crippen LogP contribution in [0.2, 0.25) is 0 Å². The minimum absolute atomic E-state index is 0.00968. The summed E-state index contributed by atoms with van der Waals surface area (Å²) in [7, 11) is 0.302. The van der Waals surface area contributed by atoms with Gasteiger partial charge in [0.05, 0.1) is 18.9 Å². The average molecular weight is 742 g/mol. The van der Waals surface area contributed by atoms with Gasteiger partial charge in [0.1, 0.15) is 23.9 Å². The Bertz CT molecular complexity index is 1430. The van der Waals surface area contributed by atoms with Crippen molar-refractivity contribution in [1.82, 2.24) is 15.5 Å². The smallest absolute Gasteiger partial charge is 0.307 e. The zero-order valence-corrected chi connectivity index (χ0v) is 32.1. The molecule has 2 rings (SSSR count). The molecule has 1 unspecified atom stereocenters. The van der Waals surface area contributed by atoms with Crippen molar-refractivity contribution in [1.29, 1.82) is 0 Å². The van der Waals surface area contributed by atoms with Gasteiger partial charge in [0.25, 0.3) is 0 Å². The molecule has 52 heavy (non-hydrogen) atoms. The van der Waals surface area contributed by atoms with Crippen LogP contribution < -0.4 is 16.4 Å². The van der Waals surface area contributed by atoms with E-state index in [0.717, 1.165) is 24.8 Å². The molecule has 0 aliphatic rings. The third-order valence-corrected chi connectivity index (χ3v) is 9.35. The van der Waals surface area contributed by atoms with Crippen LogP contribution >= 0.6 is 0 Å². The summed E-state index contributed by atoms with van der Waals surface area (Å²) in [6.07, 6.45) is 11.0. The van der Waals surface area contributed by atoms with E-state index in [2.05, 4.69) is 22.5 Å². The van der Waals surface area contributed by atoms with Crippen LogP contribution in [0.15, 0.2) is 59.6 Å². The number of benzene rings is 2. The lowest BCUT2D eigenvalue weighted by Crippen LogP contribution is -2.56. The monoisotopic (exact) mass is 741 g/mol. The summed E-state index contributed by atoms with van der Waals surface area (Å²) in [6.45, 7) is 4.19. The highest BCUT2D eigenvalue weighted by atomic mass is 32.2. The maximum absolute atomic E-state index is 13.8. The number of likely N-dealkylation sites (N-methyl/N-ethyl adjacent to an activating group) is 1. The standard InChI is InChI=1S/C39H59N5O7S/c1-5-6-7-8-9-10-11-15-25-51-36(46)22-24-44(3)39(49)35(28-30-16-13-12-14-17-30)43-37(47)33(23-26-52(4)50)42-38(48)34(41-29(2)40)27-31-18-20-32(45)21-19-31/h12-14,16-21,33-35,45H,5-11,15,22-28H2,1-4H3,(H2,40,41)(H,42,48)(H,43,47)/t33-,34+,35+,52?/m1/s1. The molecule has 2 aromatic rings. The Morgan fingerprint density at radius 3 is 2.08 bits per heavy atom. The maximum Gasteiger partial charge on any atom is 0.307 e. The van der Waals surface area contributed by atoms with Gasteiger partial charge in [0.15, 0.2) is 0 Å². The van der Waals surface area contributed by atoms with Gasteiger partial charge in [0.2, 0.25) is 17.7 Å². The summed E-state index contributed by atoms with van der Waals surface area (Å²) in [4.78, 5) is 59.3. The number of hydrogen-bond acceptors (Lipinski definition) is 8. The van der Waals surface area contributed by atoms with Gasteiger partial charge in [-0.1, -0.05) is 94.3 Å². The first-order valence-corrected chi connectivity index (χ1v) is 20.0. The van der Waals surface area contributed by atoms with Gasteiger partial charge in [-0.3, -0.25) is 28.4 Å². The van der Waals surface area contributed by atoms with Crippen molar-refractivity contribution >= 4 is 40.3 Å². The summed E-state index contributed by atoms with van der Waals surface area (Å²) in [5, 5.41) is 15.2. The minimum Gasteiger partial charge on any atom is -0.508 e. The quantitative estimate of drug-likeness (QED) is 0.0506. The molecular weight excluding hydrogens is 683 g/mol. The third kappa shape index (κ3) is 18.3. The summed E-state index contributed by atoms with van der Waals surface area (Å²) in [5.41, 5.74) is 7.36. The normalized spacial score (nSPS) is 13.7. The summed E-state index contributed by atoms with van der Waals surface area (Å²) in [6, 6.07) is 12.4. The van der Waals surface area contributed by atoms with Crippen LogP contribution in [0.25, 0.3) is 0 Å². The Morgan fingerprint density at radius 1 is 0.865 bits per heavy atom. The first kappa shape index (κ1) is 43.9. The number of phenolic OH excluding ortho intramolecular Hbond substituents is 1. The van der Waals surface area contributed by atoms with Crippen LogP contribution in [0, 0.1) is 0 Å². The molecule has 0 fully saturated rings. The molecule has 4 atom stereocenters. The van der Waals surface area contributed by atoms with Crippen molar-refractivity contribution in [2.24, 2.45) is 10.7 Å². The number of ether oxygens (including phenoxy) is 1. The Kier molecular flexibility index (Phi) is 21.0. The number of unbranched alkanes of at least 4 members (excludes halogenated alkanes) is 7. The molecule has 0 saturated heterocycles. The Hall–Kier alpha value is -4.26. The molecule has 0 aromatic heterocycles. The fourth-order valence-electron chi connectivity index (χ4n) is 5.57. The van der Waals surface area contributed by atoms with E-state index in [4.69, 9.17) is 10.5 Å². The van der Waals surface area contributed by atoms with Gasteiger partial charge in [-0.25, -0.2) is 0 Å². The number of hydrogen-bond donors (Lipinski definition) is 4. The number of phenols is 1. The maximum atomic E-state index is 13.8. The molecule has 12 nitrogen and oxygen atoms in total. The predicted octanol–water partition coefficient (Wildman–Crippen LogP) is 4.19. The molecule has 2 aromatic carbocycles. The van der Waals surface area contributed by atoms with Crippen molar-refractivity contribution in [2.75, 3.05) is 32.2 Å². The van der Waals surface area contributed by atoms with E-state index in [1.807, 2.05) is 30.3 Å². The van der Waals surface area contributed by atoms with Crippen molar-refractivity contribution in [3.63, 3.8) is 0 Å². The van der Waals surface area contributed by atoms with Gasteiger partial charge in [0, 0.05) is 49.2 Å². The lowest BCUT2D eigenvalue weighted by molar-refractivity contribution is -0.145. The molecule has 0 aliphatic heterocycles. The highest BCUT2D eigenvalue weighted by molar-refractivity contribution is 7.84. The number of nitrogens with one attached hydrogen (secondary N) is 2. The number of aromatic hydroxyl groups is 1. The Labute approximate surface area is 311 Å². The number of carbonyl (C=O) groups is 4. The Morgan fingerprint density at radius 2 is 1.46 bits per heavy atom. The van der Waals surface area contributed by atoms with Gasteiger partial charge in [-0.2, -0.15) is 0 Å². The molecule has 0 heterocycles. The molecule has 0 spiro atoms. The number of carbonyl (C=O) groups excluding carboxylic acids is 4. The number of amidine groups is 1. The number of nitrogens with zero attached hydrogens (tertiary/aromatic N) is 2. The second kappa shape index (κ2) is 24.8. The number of nitrogens with two attached hydrogens (primary N) is 1. The van der Waals surface area contributed by atoms with Crippen molar-refractivity contribution in [3.8, 4) is 5.75 Å². The highest BCUT2D eigenvalue weighted by Gasteiger charge is 2.31. The van der Waals surface area contributed by atoms with Gasteiger partial charge in [-0.15, -0.1) is 0 Å². The van der Waals surface area contributed by atoms with E-state index in [9.17, 15) is 28.5 Å². The van der Waals surface area contributed by atoms with Crippen LogP contribution in [-0.4, -0.2) is 94.1 Å². The molecule has 0 saturated carbocycles. The van der Waals surface area contributed by atoms with Crippen molar-refractivity contribution in [3.05, 3.63) is 65.7 Å². The Balaban J connectivity index is 2.10. The van der Waals surface area contributed by atoms with Gasteiger partial charge in [-0.05, 0) is 43.0 Å². The third-order valence-electron chi connectivity index (χ3n) is 8.54. The van der Waals surface area contributed by atoms with Crippen LogP contribution in [-0.2, 0) is 47.6 Å². The molecule has 3 amide bonds. The number of esters is 1. The minimum atomic E-state index is -1.27. The SMILES string of the molecule is CCCCCCCCCCOC(=O)CCN(C)C(=O)[C@H](Cc1ccccc1)NC(=O)[C@@H](CCS(C)=O)NC(=O)[C@H](Cc1ccc(O)cc1)N=C(C)N. The number of aliphatic imine (C=N–C) groups is 1. The van der Waals surface area contributed by atoms with Crippen molar-refractivity contribution < 1.29 is 33.2 Å². The van der Waals surface area contributed by atoms with Crippen LogP contribution in [0.4, 0.5) is 0 Å². The second-order valence-electron chi connectivity index (χ2n) is 13.2. The molecule has 288 valence electrons. The van der Waals surface area contributed by atoms with Crippen LogP contribution in [0.5, 0.6) is 5.75 Å². The van der Waals surface area contributed by atoms with E-state index >= 15 is 0 Å². The zero-order valence-electron chi connectivity index (χ0n) is 31.3. The van der Waals surface area contributed by atoms with E-state index in [1.165, 1.54) is 55.4 Å². The van der Waals surface area contributed by atoms with E-state index < -0.39 is 46.6 Å². The first-order chi connectivity index (χ1) is 24.9. The summed E-state index contributed by atoms with van der Waals surface area (Å²) < 4.78 is 17.5. The molecule has 0 radical (unpaired) electrons. The largest absolute Gasteiger partial charge is 0.508 e. The highest BCUT2D eigenvalue weighted by Crippen LogP contribution is 2.14. The molecule has 0 aliphatic carbocycles. The summed E-state index contributed by atoms with van der Waals surface area (Å²) in [5.74, 6) is -1.63. The molecule has 0 bridgehead atoms. The zero-order chi connectivity index (χ0) is 38.3. The number of amides is 3. The van der Waals surface area contributed by atoms with E-state index in [0.29, 0.717) is 12.2 Å². The fraction of sp³-hybridized carbons (Fsp3) is 0.564. The second-order valence-corrected chi connectivity index (χ2v) is 14.8. The van der Waals surface area contributed by atoms with E-state index in [1.54, 1.807) is 26.1 Å². The average Bonchev–Trinajstić information content (AvgIpc) is 3.11. The molecular formula is C39H59N5O7S. The lowest BCUT2D eigenvalue weighted by Gasteiger charge is -2.27. The predicted molar refractivity (Wildman–Crippen MR) is 206 cm³/mol. The first-order valence-electron chi connectivity index (χ1n) is 18.3.